The van der Waals surface area contributed by atoms with E-state index in [1.54, 1.807) is 0 Å². The fraction of sp³-hybridized carbons (Fsp3) is 0.273. The van der Waals surface area contributed by atoms with Crippen molar-refractivity contribution in [3.8, 4) is 0 Å². The van der Waals surface area contributed by atoms with Crippen molar-refractivity contribution in [3.05, 3.63) is 34.6 Å². The lowest BCUT2D eigenvalue weighted by Crippen LogP contribution is -2.13. The minimum Gasteiger partial charge on any atom is -0.478 e. The summed E-state index contributed by atoms with van der Waals surface area (Å²) in [6.45, 7) is 0. The third kappa shape index (κ3) is 1.63. The van der Waals surface area contributed by atoms with Crippen LogP contribution in [0.1, 0.15) is 39.1 Å². The second-order valence-corrected chi connectivity index (χ2v) is 3.57. The van der Waals surface area contributed by atoms with Gasteiger partial charge >= 0.3 is 5.97 Å². The highest BCUT2D eigenvalue weighted by Crippen LogP contribution is 2.24. The van der Waals surface area contributed by atoms with E-state index in [9.17, 15) is 14.0 Å². The van der Waals surface area contributed by atoms with Gasteiger partial charge in [-0.25, -0.2) is 9.18 Å². The smallest absolute Gasteiger partial charge is 0.338 e. The number of carbonyl (C=O) groups is 2. The molecule has 0 spiro atoms. The van der Waals surface area contributed by atoms with E-state index in [1.165, 1.54) is 6.07 Å². The standard InChI is InChI=1S/C11H9FO3/c12-9-5-7-6(2-1-3-10(7)13)4-8(9)11(14)15/h4-5H,1-3H2,(H,14,15). The van der Waals surface area contributed by atoms with Gasteiger partial charge in [-0.2, -0.15) is 0 Å². The van der Waals surface area contributed by atoms with Gasteiger partial charge in [0.25, 0.3) is 0 Å². The van der Waals surface area contributed by atoms with Gasteiger partial charge in [-0.15, -0.1) is 0 Å². The SMILES string of the molecule is O=C(O)c1cc2c(cc1F)C(=O)CCC2. The predicted octanol–water partition coefficient (Wildman–Crippen LogP) is 2.04. The molecule has 1 aliphatic carbocycles. The lowest BCUT2D eigenvalue weighted by molar-refractivity contribution is 0.0691. The lowest BCUT2D eigenvalue weighted by Gasteiger charge is -2.15. The molecule has 1 N–H and O–H groups in total. The Kier molecular flexibility index (Phi) is 2.26. The number of rotatable bonds is 1. The number of carbonyl (C=O) groups excluding carboxylic acids is 1. The van der Waals surface area contributed by atoms with Crippen molar-refractivity contribution >= 4 is 11.8 Å². The molecule has 0 saturated carbocycles. The highest BCUT2D eigenvalue weighted by Gasteiger charge is 2.21. The Balaban J connectivity index is 2.59. The van der Waals surface area contributed by atoms with Crippen molar-refractivity contribution in [2.75, 3.05) is 0 Å². The number of carboxylic acid groups (broad SMARTS) is 1. The van der Waals surface area contributed by atoms with Crippen LogP contribution >= 0.6 is 0 Å². The summed E-state index contributed by atoms with van der Waals surface area (Å²) < 4.78 is 13.3. The molecule has 0 saturated heterocycles. The van der Waals surface area contributed by atoms with E-state index in [1.807, 2.05) is 0 Å². The van der Waals surface area contributed by atoms with Gasteiger partial charge in [0, 0.05) is 12.0 Å². The number of hydrogen-bond donors (Lipinski definition) is 1. The van der Waals surface area contributed by atoms with Crippen LogP contribution in [0.25, 0.3) is 0 Å². The Morgan fingerprint density at radius 1 is 1.33 bits per heavy atom. The zero-order valence-corrected chi connectivity index (χ0v) is 7.92. The fourth-order valence-corrected chi connectivity index (χ4v) is 1.82. The van der Waals surface area contributed by atoms with Gasteiger partial charge in [0.2, 0.25) is 0 Å². The van der Waals surface area contributed by atoms with Crippen LogP contribution < -0.4 is 0 Å². The molecule has 0 radical (unpaired) electrons. The average Bonchev–Trinajstić information content (AvgIpc) is 2.18. The third-order valence-corrected chi connectivity index (χ3v) is 2.57. The van der Waals surface area contributed by atoms with Gasteiger partial charge in [0.1, 0.15) is 5.82 Å². The molecule has 3 nitrogen and oxygen atoms in total. The number of aromatic carboxylic acids is 1. The Labute approximate surface area is 85.5 Å². The van der Waals surface area contributed by atoms with E-state index < -0.39 is 11.8 Å². The molecular weight excluding hydrogens is 199 g/mol. The van der Waals surface area contributed by atoms with Crippen molar-refractivity contribution in [1.29, 1.82) is 0 Å². The molecule has 0 aliphatic heterocycles. The van der Waals surface area contributed by atoms with Crippen LogP contribution in [0, 0.1) is 5.82 Å². The monoisotopic (exact) mass is 208 g/mol. The van der Waals surface area contributed by atoms with E-state index >= 15 is 0 Å². The minimum atomic E-state index is -1.30. The van der Waals surface area contributed by atoms with Crippen LogP contribution in [-0.2, 0) is 6.42 Å². The summed E-state index contributed by atoms with van der Waals surface area (Å²) in [6, 6.07) is 2.31. The molecule has 2 rings (SSSR count). The van der Waals surface area contributed by atoms with Crippen LogP contribution in [0.2, 0.25) is 0 Å². The van der Waals surface area contributed by atoms with Gasteiger partial charge in [-0.05, 0) is 30.5 Å². The molecule has 1 aromatic carbocycles. The van der Waals surface area contributed by atoms with Crippen molar-refractivity contribution in [1.82, 2.24) is 0 Å². The number of aryl methyl sites for hydroxylation is 1. The Morgan fingerprint density at radius 3 is 2.73 bits per heavy atom. The molecule has 0 aromatic heterocycles. The van der Waals surface area contributed by atoms with E-state index in [-0.39, 0.29) is 11.3 Å². The molecular formula is C11H9FO3. The minimum absolute atomic E-state index is 0.105. The van der Waals surface area contributed by atoms with Gasteiger partial charge in [0.15, 0.2) is 5.78 Å². The van der Waals surface area contributed by atoms with Crippen molar-refractivity contribution in [3.63, 3.8) is 0 Å². The summed E-state index contributed by atoms with van der Waals surface area (Å²) in [4.78, 5) is 22.1. The fourth-order valence-electron chi connectivity index (χ4n) is 1.82. The third-order valence-electron chi connectivity index (χ3n) is 2.57. The molecule has 4 heteroatoms. The molecule has 1 aromatic rings. The summed E-state index contributed by atoms with van der Waals surface area (Å²) in [6.07, 6.45) is 1.76. The first-order chi connectivity index (χ1) is 7.09. The Hall–Kier alpha value is -1.71. The lowest BCUT2D eigenvalue weighted by atomic mass is 9.89. The molecule has 78 valence electrons. The maximum Gasteiger partial charge on any atom is 0.338 e. The zero-order chi connectivity index (χ0) is 11.0. The van der Waals surface area contributed by atoms with Crippen LogP contribution in [0.15, 0.2) is 12.1 Å². The highest BCUT2D eigenvalue weighted by molar-refractivity contribution is 5.99. The molecule has 15 heavy (non-hydrogen) atoms. The molecule has 0 amide bonds. The first-order valence-corrected chi connectivity index (χ1v) is 4.68. The molecule has 0 atom stereocenters. The summed E-state index contributed by atoms with van der Waals surface area (Å²) in [5, 5.41) is 8.71. The largest absolute Gasteiger partial charge is 0.478 e. The van der Waals surface area contributed by atoms with Crippen LogP contribution in [0.3, 0.4) is 0 Å². The molecule has 0 heterocycles. The number of halogens is 1. The summed E-state index contributed by atoms with van der Waals surface area (Å²) in [5.41, 5.74) is 0.622. The van der Waals surface area contributed by atoms with Gasteiger partial charge in [-0.1, -0.05) is 0 Å². The number of Topliss-reactive ketones (excluding diaryl/α,β-unsaturated/α-hetero) is 1. The molecule has 1 aliphatic rings. The van der Waals surface area contributed by atoms with Gasteiger partial charge in [-0.3, -0.25) is 4.79 Å². The first kappa shape index (κ1) is 9.83. The molecule has 0 bridgehead atoms. The van der Waals surface area contributed by atoms with E-state index in [2.05, 4.69) is 0 Å². The second kappa shape index (κ2) is 3.46. The number of fused-ring (bicyclic) bond motifs is 1. The summed E-state index contributed by atoms with van der Waals surface area (Å²) >= 11 is 0. The number of hydrogen-bond acceptors (Lipinski definition) is 2. The number of benzene rings is 1. The quantitative estimate of drug-likeness (QED) is 0.768. The van der Waals surface area contributed by atoms with Crippen LogP contribution in [0.5, 0.6) is 0 Å². The average molecular weight is 208 g/mol. The zero-order valence-electron chi connectivity index (χ0n) is 7.92. The maximum atomic E-state index is 13.3. The van der Waals surface area contributed by atoms with Crippen molar-refractivity contribution in [2.24, 2.45) is 0 Å². The number of carboxylic acids is 1. The van der Waals surface area contributed by atoms with Gasteiger partial charge < -0.3 is 5.11 Å². The summed E-state index contributed by atoms with van der Waals surface area (Å²) in [7, 11) is 0. The molecule has 0 fully saturated rings. The van der Waals surface area contributed by atoms with Crippen LogP contribution in [-0.4, -0.2) is 16.9 Å². The summed E-state index contributed by atoms with van der Waals surface area (Å²) in [5.74, 6) is -2.24. The Bertz CT molecular complexity index is 451. The van der Waals surface area contributed by atoms with Crippen molar-refractivity contribution in [2.45, 2.75) is 19.3 Å². The highest BCUT2D eigenvalue weighted by atomic mass is 19.1. The van der Waals surface area contributed by atoms with Gasteiger partial charge in [0.05, 0.1) is 5.56 Å². The Morgan fingerprint density at radius 2 is 2.07 bits per heavy atom. The maximum absolute atomic E-state index is 13.3. The second-order valence-electron chi connectivity index (χ2n) is 3.57. The predicted molar refractivity (Wildman–Crippen MR) is 50.6 cm³/mol. The van der Waals surface area contributed by atoms with E-state index in [4.69, 9.17) is 5.11 Å². The normalized spacial score (nSPS) is 14.9. The van der Waals surface area contributed by atoms with E-state index in [0.29, 0.717) is 30.4 Å². The topological polar surface area (TPSA) is 54.4 Å². The molecule has 0 unspecified atom stereocenters. The first-order valence-electron chi connectivity index (χ1n) is 4.68. The number of ketones is 1. The van der Waals surface area contributed by atoms with E-state index in [0.717, 1.165) is 6.07 Å². The van der Waals surface area contributed by atoms with Crippen LogP contribution in [0.4, 0.5) is 4.39 Å². The van der Waals surface area contributed by atoms with Crippen molar-refractivity contribution < 1.29 is 19.1 Å².